The molecule has 1 saturated heterocycles. The summed E-state index contributed by atoms with van der Waals surface area (Å²) in [7, 11) is 3.24. The summed E-state index contributed by atoms with van der Waals surface area (Å²) in [5.41, 5.74) is 1.28. The third-order valence-corrected chi connectivity index (χ3v) is 5.20. The minimum Gasteiger partial charge on any atom is -0.495 e. The summed E-state index contributed by atoms with van der Waals surface area (Å²) in [5, 5.41) is 0. The van der Waals surface area contributed by atoms with Crippen molar-refractivity contribution >= 4 is 18.1 Å². The van der Waals surface area contributed by atoms with Crippen LogP contribution in [-0.2, 0) is 13.6 Å². The molecule has 0 unspecified atom stereocenters. The number of nitrogens with zero attached hydrogens (tertiary/aromatic N) is 4. The number of aryl methyl sites for hydroxylation is 2. The number of hydrogen-bond donors (Lipinski definition) is 0. The highest BCUT2D eigenvalue weighted by Crippen LogP contribution is 2.28. The van der Waals surface area contributed by atoms with Crippen LogP contribution in [0.1, 0.15) is 12.0 Å². The number of hydrogen-bond acceptors (Lipinski definition) is 5. The Bertz CT molecular complexity index is 901. The standard InChI is InChI=1S/C20H28N4O3.ClH/c1-16-15-24(20(26)21(2)19(16)25)10-6-9-22-11-13-23(14-12-22)17-7-4-5-8-18(17)27-3;/h4-5,7-8,15H,6,9-14H2,1-3H3;1H. The van der Waals surface area contributed by atoms with Crippen LogP contribution >= 0.6 is 12.4 Å². The van der Waals surface area contributed by atoms with Crippen molar-refractivity contribution < 1.29 is 4.74 Å². The van der Waals surface area contributed by atoms with Gasteiger partial charge in [-0.05, 0) is 32.0 Å². The quantitative estimate of drug-likeness (QED) is 0.725. The highest BCUT2D eigenvalue weighted by molar-refractivity contribution is 5.85. The fraction of sp³-hybridized carbons (Fsp3) is 0.500. The molecule has 1 aliphatic rings. The summed E-state index contributed by atoms with van der Waals surface area (Å²) in [6.45, 7) is 7.20. The fourth-order valence-electron chi connectivity index (χ4n) is 3.62. The number of benzene rings is 1. The molecule has 28 heavy (non-hydrogen) atoms. The zero-order valence-corrected chi connectivity index (χ0v) is 17.6. The Balaban J connectivity index is 0.00000280. The first-order valence-electron chi connectivity index (χ1n) is 9.38. The van der Waals surface area contributed by atoms with Crippen LogP contribution in [0.3, 0.4) is 0 Å². The normalized spacial score (nSPS) is 14.6. The van der Waals surface area contributed by atoms with Crippen LogP contribution in [0.5, 0.6) is 5.75 Å². The van der Waals surface area contributed by atoms with E-state index in [1.807, 2.05) is 18.2 Å². The Hall–Kier alpha value is -2.25. The van der Waals surface area contributed by atoms with Gasteiger partial charge in [-0.15, -0.1) is 12.4 Å². The van der Waals surface area contributed by atoms with E-state index in [9.17, 15) is 9.59 Å². The Kier molecular flexibility index (Phi) is 7.71. The van der Waals surface area contributed by atoms with Crippen LogP contribution < -0.4 is 20.9 Å². The predicted molar refractivity (Wildman–Crippen MR) is 114 cm³/mol. The maximum Gasteiger partial charge on any atom is 0.330 e. The molecule has 8 heteroatoms. The SMILES string of the molecule is COc1ccccc1N1CCN(CCCn2cc(C)c(=O)n(C)c2=O)CC1.Cl. The lowest BCUT2D eigenvalue weighted by Gasteiger charge is -2.36. The van der Waals surface area contributed by atoms with E-state index < -0.39 is 0 Å². The van der Waals surface area contributed by atoms with Crippen LogP contribution in [0.15, 0.2) is 40.1 Å². The van der Waals surface area contributed by atoms with Crippen molar-refractivity contribution in [3.8, 4) is 5.75 Å². The number of aromatic nitrogens is 2. The molecule has 1 aromatic heterocycles. The number of para-hydroxylation sites is 2. The first-order valence-corrected chi connectivity index (χ1v) is 9.38. The van der Waals surface area contributed by atoms with E-state index in [0.29, 0.717) is 12.1 Å². The summed E-state index contributed by atoms with van der Waals surface area (Å²) in [5.74, 6) is 0.912. The third kappa shape index (κ3) is 4.77. The van der Waals surface area contributed by atoms with E-state index in [0.717, 1.165) is 50.6 Å². The van der Waals surface area contributed by atoms with Gasteiger partial charge in [0.2, 0.25) is 0 Å². The van der Waals surface area contributed by atoms with Crippen LogP contribution in [0.25, 0.3) is 0 Å². The first-order chi connectivity index (χ1) is 13.0. The van der Waals surface area contributed by atoms with E-state index >= 15 is 0 Å². The molecule has 0 radical (unpaired) electrons. The summed E-state index contributed by atoms with van der Waals surface area (Å²) < 4.78 is 8.29. The molecule has 154 valence electrons. The van der Waals surface area contributed by atoms with Crippen molar-refractivity contribution in [3.05, 3.63) is 56.9 Å². The van der Waals surface area contributed by atoms with Gasteiger partial charge >= 0.3 is 5.69 Å². The molecule has 0 spiro atoms. The van der Waals surface area contributed by atoms with Gasteiger partial charge in [-0.3, -0.25) is 14.3 Å². The van der Waals surface area contributed by atoms with Gasteiger partial charge in [-0.2, -0.15) is 0 Å². The molecule has 0 aliphatic carbocycles. The monoisotopic (exact) mass is 408 g/mol. The molecule has 2 heterocycles. The number of methoxy groups -OCH3 is 1. The van der Waals surface area contributed by atoms with Crippen molar-refractivity contribution in [2.24, 2.45) is 7.05 Å². The van der Waals surface area contributed by atoms with E-state index in [4.69, 9.17) is 4.74 Å². The molecular formula is C20H29ClN4O3. The number of halogens is 1. The maximum absolute atomic E-state index is 12.2. The van der Waals surface area contributed by atoms with E-state index in [1.165, 1.54) is 11.6 Å². The molecule has 1 aromatic carbocycles. The van der Waals surface area contributed by atoms with Crippen LogP contribution in [0, 0.1) is 6.92 Å². The number of anilines is 1. The largest absolute Gasteiger partial charge is 0.495 e. The second-order valence-electron chi connectivity index (χ2n) is 7.01. The molecule has 2 aromatic rings. The minimum atomic E-state index is -0.244. The summed E-state index contributed by atoms with van der Waals surface area (Å²) in [4.78, 5) is 28.7. The van der Waals surface area contributed by atoms with E-state index in [-0.39, 0.29) is 23.7 Å². The lowest BCUT2D eigenvalue weighted by atomic mass is 10.2. The minimum absolute atomic E-state index is 0. The molecule has 1 fully saturated rings. The van der Waals surface area contributed by atoms with Gasteiger partial charge in [0.05, 0.1) is 12.8 Å². The molecular weight excluding hydrogens is 380 g/mol. The van der Waals surface area contributed by atoms with Gasteiger partial charge in [-0.1, -0.05) is 12.1 Å². The molecule has 0 amide bonds. The molecule has 1 aliphatic heterocycles. The van der Waals surface area contributed by atoms with Crippen LogP contribution in [0.2, 0.25) is 0 Å². The van der Waals surface area contributed by atoms with Crippen LogP contribution in [-0.4, -0.2) is 53.9 Å². The zero-order valence-electron chi connectivity index (χ0n) is 16.8. The van der Waals surface area contributed by atoms with Gasteiger partial charge in [-0.25, -0.2) is 4.79 Å². The van der Waals surface area contributed by atoms with Gasteiger partial charge < -0.3 is 14.2 Å². The lowest BCUT2D eigenvalue weighted by Crippen LogP contribution is -2.47. The van der Waals surface area contributed by atoms with Gasteiger partial charge in [0.15, 0.2) is 0 Å². The Morgan fingerprint density at radius 2 is 1.71 bits per heavy atom. The number of rotatable bonds is 6. The number of ether oxygens (including phenoxy) is 1. The zero-order chi connectivity index (χ0) is 19.4. The van der Waals surface area contributed by atoms with Crippen molar-refractivity contribution in [2.75, 3.05) is 44.7 Å². The summed E-state index contributed by atoms with van der Waals surface area (Å²) >= 11 is 0. The highest BCUT2D eigenvalue weighted by Gasteiger charge is 2.19. The third-order valence-electron chi connectivity index (χ3n) is 5.20. The Morgan fingerprint density at radius 3 is 2.39 bits per heavy atom. The summed E-state index contributed by atoms with van der Waals surface area (Å²) in [6.07, 6.45) is 2.55. The number of piperazine rings is 1. The van der Waals surface area contributed by atoms with Gasteiger partial charge in [0.25, 0.3) is 5.56 Å². The smallest absolute Gasteiger partial charge is 0.330 e. The van der Waals surface area contributed by atoms with Gasteiger partial charge in [0, 0.05) is 51.5 Å². The highest BCUT2D eigenvalue weighted by atomic mass is 35.5. The Morgan fingerprint density at radius 1 is 1.04 bits per heavy atom. The second kappa shape index (κ2) is 9.80. The molecule has 0 N–H and O–H groups in total. The van der Waals surface area contributed by atoms with Crippen molar-refractivity contribution in [3.63, 3.8) is 0 Å². The first kappa shape index (κ1) is 22.0. The van der Waals surface area contributed by atoms with Crippen molar-refractivity contribution in [2.45, 2.75) is 19.9 Å². The molecule has 7 nitrogen and oxygen atoms in total. The molecule has 0 bridgehead atoms. The predicted octanol–water partition coefficient (Wildman–Crippen LogP) is 1.50. The lowest BCUT2D eigenvalue weighted by molar-refractivity contribution is 0.249. The average Bonchev–Trinajstić information content (AvgIpc) is 2.70. The molecule has 0 atom stereocenters. The average molecular weight is 409 g/mol. The van der Waals surface area contributed by atoms with E-state index in [1.54, 1.807) is 24.8 Å². The van der Waals surface area contributed by atoms with Crippen molar-refractivity contribution in [1.82, 2.24) is 14.0 Å². The maximum atomic E-state index is 12.2. The fourth-order valence-corrected chi connectivity index (χ4v) is 3.62. The Labute approximate surface area is 171 Å². The molecule has 3 rings (SSSR count). The van der Waals surface area contributed by atoms with Crippen LogP contribution in [0.4, 0.5) is 5.69 Å². The van der Waals surface area contributed by atoms with Gasteiger partial charge in [0.1, 0.15) is 5.75 Å². The summed E-state index contributed by atoms with van der Waals surface area (Å²) in [6, 6.07) is 8.12. The van der Waals surface area contributed by atoms with Crippen molar-refractivity contribution in [1.29, 1.82) is 0 Å². The second-order valence-corrected chi connectivity index (χ2v) is 7.01. The topological polar surface area (TPSA) is 59.7 Å². The molecule has 0 saturated carbocycles. The van der Waals surface area contributed by atoms with E-state index in [2.05, 4.69) is 15.9 Å².